The van der Waals surface area contributed by atoms with Gasteiger partial charge in [0.05, 0.1) is 25.8 Å². The van der Waals surface area contributed by atoms with E-state index < -0.39 is 11.8 Å². The van der Waals surface area contributed by atoms with Crippen molar-refractivity contribution in [1.29, 1.82) is 0 Å². The maximum Gasteiger partial charge on any atom is 0.344 e. The van der Waals surface area contributed by atoms with Gasteiger partial charge < -0.3 is 19.3 Å². The van der Waals surface area contributed by atoms with Crippen LogP contribution in [0.3, 0.4) is 0 Å². The molecule has 4 rings (SSSR count). The molecule has 0 spiro atoms. The molecule has 8 heteroatoms. The van der Waals surface area contributed by atoms with Gasteiger partial charge in [-0.1, -0.05) is 30.3 Å². The SMILES string of the molecule is COc1cc(OC)nc(C2(O)OC(=O)c3c(-c4ccccc4)ccnc32)n1. The fraction of sp³-hybridized carbons (Fsp3) is 0.158. The number of hydrogen-bond acceptors (Lipinski definition) is 8. The van der Waals surface area contributed by atoms with Crippen LogP contribution in [0.2, 0.25) is 0 Å². The summed E-state index contributed by atoms with van der Waals surface area (Å²) in [7, 11) is 2.83. The van der Waals surface area contributed by atoms with E-state index in [9.17, 15) is 9.90 Å². The van der Waals surface area contributed by atoms with Gasteiger partial charge in [-0.15, -0.1) is 0 Å². The van der Waals surface area contributed by atoms with Gasteiger partial charge in [0.15, 0.2) is 0 Å². The summed E-state index contributed by atoms with van der Waals surface area (Å²) in [5.74, 6) is -2.88. The van der Waals surface area contributed by atoms with Crippen molar-refractivity contribution in [2.45, 2.75) is 5.79 Å². The Kier molecular flexibility index (Phi) is 3.97. The topological polar surface area (TPSA) is 104 Å². The summed E-state index contributed by atoms with van der Waals surface area (Å²) in [5, 5.41) is 11.2. The summed E-state index contributed by atoms with van der Waals surface area (Å²) < 4.78 is 15.5. The second-order valence-corrected chi connectivity index (χ2v) is 5.76. The molecule has 27 heavy (non-hydrogen) atoms. The maximum atomic E-state index is 12.6. The van der Waals surface area contributed by atoms with Crippen LogP contribution in [0.5, 0.6) is 11.8 Å². The molecule has 1 N–H and O–H groups in total. The van der Waals surface area contributed by atoms with Gasteiger partial charge in [-0.25, -0.2) is 4.79 Å². The highest BCUT2D eigenvalue weighted by Crippen LogP contribution is 2.41. The molecule has 3 heterocycles. The number of hydrogen-bond donors (Lipinski definition) is 1. The van der Waals surface area contributed by atoms with Crippen LogP contribution in [-0.4, -0.2) is 40.2 Å². The molecule has 0 saturated heterocycles. The van der Waals surface area contributed by atoms with E-state index in [1.165, 1.54) is 26.5 Å². The van der Waals surface area contributed by atoms with Crippen molar-refractivity contribution >= 4 is 5.97 Å². The van der Waals surface area contributed by atoms with E-state index in [2.05, 4.69) is 15.0 Å². The lowest BCUT2D eigenvalue weighted by molar-refractivity contribution is -0.138. The molecular weight excluding hydrogens is 350 g/mol. The molecule has 1 atom stereocenters. The number of ether oxygens (including phenoxy) is 3. The maximum absolute atomic E-state index is 12.6. The minimum absolute atomic E-state index is 0.0177. The molecule has 1 aliphatic heterocycles. The molecular formula is C19H15N3O5. The lowest BCUT2D eigenvalue weighted by Crippen LogP contribution is -2.31. The van der Waals surface area contributed by atoms with Crippen molar-refractivity contribution in [3.63, 3.8) is 0 Å². The summed E-state index contributed by atoms with van der Waals surface area (Å²) in [4.78, 5) is 25.0. The van der Waals surface area contributed by atoms with Crippen molar-refractivity contribution in [2.75, 3.05) is 14.2 Å². The molecule has 0 aliphatic carbocycles. The summed E-state index contributed by atoms with van der Waals surface area (Å²) in [6.45, 7) is 0. The molecule has 0 amide bonds. The van der Waals surface area contributed by atoms with Crippen molar-refractivity contribution in [3.05, 3.63) is 65.7 Å². The van der Waals surface area contributed by atoms with Crippen LogP contribution in [0.15, 0.2) is 48.7 Å². The van der Waals surface area contributed by atoms with Gasteiger partial charge >= 0.3 is 11.8 Å². The number of cyclic esters (lactones) is 1. The number of pyridine rings is 1. The monoisotopic (exact) mass is 365 g/mol. The largest absolute Gasteiger partial charge is 0.481 e. The lowest BCUT2D eigenvalue weighted by Gasteiger charge is -2.20. The number of carbonyl (C=O) groups excluding carboxylic acids is 1. The predicted octanol–water partition coefficient (Wildman–Crippen LogP) is 1.92. The van der Waals surface area contributed by atoms with E-state index in [0.717, 1.165) is 5.56 Å². The third kappa shape index (κ3) is 2.67. The zero-order chi connectivity index (χ0) is 19.0. The zero-order valence-electron chi connectivity index (χ0n) is 14.5. The number of esters is 1. The Morgan fingerprint density at radius 1 is 1.04 bits per heavy atom. The van der Waals surface area contributed by atoms with Crippen LogP contribution >= 0.6 is 0 Å². The average Bonchev–Trinajstić information content (AvgIpc) is 3.00. The zero-order valence-corrected chi connectivity index (χ0v) is 14.5. The Balaban J connectivity index is 1.92. The normalized spacial score (nSPS) is 18.0. The van der Waals surface area contributed by atoms with Crippen LogP contribution in [0.25, 0.3) is 11.1 Å². The van der Waals surface area contributed by atoms with Crippen LogP contribution < -0.4 is 9.47 Å². The number of rotatable bonds is 4. The summed E-state index contributed by atoms with van der Waals surface area (Å²) in [6, 6.07) is 12.4. The van der Waals surface area contributed by atoms with Gasteiger partial charge in [0.1, 0.15) is 5.69 Å². The van der Waals surface area contributed by atoms with Crippen LogP contribution in [0, 0.1) is 0 Å². The Bertz CT molecular complexity index is 1000. The number of carbonyl (C=O) groups is 1. The number of methoxy groups -OCH3 is 2. The van der Waals surface area contributed by atoms with E-state index in [4.69, 9.17) is 14.2 Å². The van der Waals surface area contributed by atoms with Gasteiger partial charge in [0.25, 0.3) is 0 Å². The van der Waals surface area contributed by atoms with Crippen LogP contribution in [0.1, 0.15) is 21.9 Å². The first kappa shape index (κ1) is 16.9. The number of nitrogens with zero attached hydrogens (tertiary/aromatic N) is 3. The molecule has 3 aromatic rings. The summed E-state index contributed by atoms with van der Waals surface area (Å²) in [6.07, 6.45) is 1.49. The second kappa shape index (κ2) is 6.33. The van der Waals surface area contributed by atoms with Crippen molar-refractivity contribution in [3.8, 4) is 22.9 Å². The fourth-order valence-corrected chi connectivity index (χ4v) is 2.93. The first-order chi connectivity index (χ1) is 13.1. The summed E-state index contributed by atoms with van der Waals surface area (Å²) >= 11 is 0. The molecule has 1 aliphatic rings. The standard InChI is InChI=1S/C19H15N3O5/c1-25-13-10-14(26-2)22-18(21-13)19(24)16-15(17(23)27-19)12(8-9-20-16)11-6-4-3-5-7-11/h3-10,24H,1-2H3. The number of benzene rings is 1. The Labute approximate surface area is 154 Å². The van der Waals surface area contributed by atoms with Gasteiger partial charge in [-0.2, -0.15) is 9.97 Å². The van der Waals surface area contributed by atoms with Gasteiger partial charge in [0.2, 0.25) is 17.6 Å². The minimum Gasteiger partial charge on any atom is -0.481 e. The third-order valence-electron chi connectivity index (χ3n) is 4.20. The highest BCUT2D eigenvalue weighted by Gasteiger charge is 2.51. The molecule has 2 aromatic heterocycles. The first-order valence-electron chi connectivity index (χ1n) is 8.05. The first-order valence-corrected chi connectivity index (χ1v) is 8.05. The summed E-state index contributed by atoms with van der Waals surface area (Å²) in [5.41, 5.74) is 1.57. The van der Waals surface area contributed by atoms with Crippen molar-refractivity contribution in [2.24, 2.45) is 0 Å². The van der Waals surface area contributed by atoms with E-state index in [0.29, 0.717) is 5.56 Å². The molecule has 8 nitrogen and oxygen atoms in total. The number of aromatic nitrogens is 3. The van der Waals surface area contributed by atoms with E-state index in [1.54, 1.807) is 6.07 Å². The average molecular weight is 365 g/mol. The third-order valence-corrected chi connectivity index (χ3v) is 4.20. The minimum atomic E-state index is -2.25. The number of fused-ring (bicyclic) bond motifs is 1. The quantitative estimate of drug-likeness (QED) is 0.700. The van der Waals surface area contributed by atoms with Gasteiger partial charge in [-0.05, 0) is 17.2 Å². The molecule has 0 saturated carbocycles. The van der Waals surface area contributed by atoms with Crippen molar-refractivity contribution in [1.82, 2.24) is 15.0 Å². The number of aliphatic hydroxyl groups is 1. The van der Waals surface area contributed by atoms with E-state index >= 15 is 0 Å². The van der Waals surface area contributed by atoms with E-state index in [1.807, 2.05) is 30.3 Å². The Morgan fingerprint density at radius 3 is 2.33 bits per heavy atom. The molecule has 0 fully saturated rings. The smallest absolute Gasteiger partial charge is 0.344 e. The van der Waals surface area contributed by atoms with Gasteiger partial charge in [-0.3, -0.25) is 4.98 Å². The highest BCUT2D eigenvalue weighted by atomic mass is 16.7. The fourth-order valence-electron chi connectivity index (χ4n) is 2.93. The molecule has 1 aromatic carbocycles. The van der Waals surface area contributed by atoms with Gasteiger partial charge in [0, 0.05) is 6.20 Å². The van der Waals surface area contributed by atoms with Crippen molar-refractivity contribution < 1.29 is 24.1 Å². The van der Waals surface area contributed by atoms with E-state index in [-0.39, 0.29) is 28.8 Å². The Morgan fingerprint density at radius 2 is 1.70 bits per heavy atom. The lowest BCUT2D eigenvalue weighted by atomic mass is 9.97. The molecule has 0 bridgehead atoms. The molecule has 1 unspecified atom stereocenters. The van der Waals surface area contributed by atoms with Crippen LogP contribution in [0.4, 0.5) is 0 Å². The molecule has 136 valence electrons. The molecule has 0 radical (unpaired) electrons. The second-order valence-electron chi connectivity index (χ2n) is 5.76. The highest BCUT2D eigenvalue weighted by molar-refractivity contribution is 6.01. The predicted molar refractivity (Wildman–Crippen MR) is 93.2 cm³/mol. The Hall–Kier alpha value is -3.52. The van der Waals surface area contributed by atoms with Crippen LogP contribution in [-0.2, 0) is 10.5 Å².